The second-order valence-corrected chi connectivity index (χ2v) is 8.18. The maximum atomic E-state index is 13.3. The van der Waals surface area contributed by atoms with Crippen molar-refractivity contribution in [3.05, 3.63) is 81.6 Å². The lowest BCUT2D eigenvalue weighted by Gasteiger charge is -2.15. The molecule has 0 bridgehead atoms. The van der Waals surface area contributed by atoms with Crippen molar-refractivity contribution in [2.24, 2.45) is 10.2 Å². The van der Waals surface area contributed by atoms with Crippen molar-refractivity contribution in [1.82, 2.24) is 9.78 Å². The maximum Gasteiger partial charge on any atom is 0.442 e. The highest BCUT2D eigenvalue weighted by Gasteiger charge is 2.65. The number of aryl methyl sites for hydroxylation is 1. The number of hydrogen-bond acceptors (Lipinski definition) is 5. The number of nitrogens with zero attached hydrogens (tertiary/aromatic N) is 5. The Balaban J connectivity index is 1.62. The van der Waals surface area contributed by atoms with E-state index in [1.165, 1.54) is 31.2 Å². The van der Waals surface area contributed by atoms with Gasteiger partial charge in [-0.2, -0.15) is 36.7 Å². The highest BCUT2D eigenvalue weighted by atomic mass is 35.5. The van der Waals surface area contributed by atoms with Gasteiger partial charge in [0.05, 0.1) is 16.9 Å². The third-order valence-corrected chi connectivity index (χ3v) is 5.70. The topological polar surface area (TPSA) is 95.4 Å². The lowest BCUT2D eigenvalue weighted by atomic mass is 10.0. The molecule has 1 amide bonds. The highest BCUT2D eigenvalue weighted by Crippen LogP contribution is 2.52. The van der Waals surface area contributed by atoms with E-state index in [0.717, 1.165) is 35.0 Å². The maximum absolute atomic E-state index is 13.3. The van der Waals surface area contributed by atoms with Gasteiger partial charge in [-0.3, -0.25) is 4.79 Å². The van der Waals surface area contributed by atoms with Gasteiger partial charge in [-0.1, -0.05) is 29.8 Å². The Morgan fingerprint density at radius 3 is 2.38 bits per heavy atom. The lowest BCUT2D eigenvalue weighted by molar-refractivity contribution is -0.166. The summed E-state index contributed by atoms with van der Waals surface area (Å²) in [5.41, 5.74) is -4.18. The number of alkyl halides is 6. The van der Waals surface area contributed by atoms with E-state index in [1.54, 1.807) is 6.07 Å². The summed E-state index contributed by atoms with van der Waals surface area (Å²) in [6, 6.07) is 10.7. The van der Waals surface area contributed by atoms with Gasteiger partial charge in [0.15, 0.2) is 0 Å². The quantitative estimate of drug-likeness (QED) is 0.226. The summed E-state index contributed by atoms with van der Waals surface area (Å²) >= 11 is 6.32. The second kappa shape index (κ2) is 9.04. The SMILES string of the molecule is Cc1nn(-c2cccc(C(F)(F)F)c2)c(Cl)c1/C=C(\C#N)C(=O)Nc1cccc(C2(C(F)(F)F)N=N2)c1. The monoisotopic (exact) mass is 538 g/mol. The van der Waals surface area contributed by atoms with Gasteiger partial charge >= 0.3 is 18.0 Å². The van der Waals surface area contributed by atoms with Gasteiger partial charge < -0.3 is 5.32 Å². The number of benzene rings is 2. The summed E-state index contributed by atoms with van der Waals surface area (Å²) in [6.45, 7) is 1.47. The van der Waals surface area contributed by atoms with Crippen molar-refractivity contribution >= 4 is 29.3 Å². The average molecular weight is 539 g/mol. The van der Waals surface area contributed by atoms with E-state index in [2.05, 4.69) is 20.6 Å². The molecular weight excluding hydrogens is 526 g/mol. The Hall–Kier alpha value is -4.18. The number of nitriles is 1. The van der Waals surface area contributed by atoms with Gasteiger partial charge in [0.25, 0.3) is 5.91 Å². The van der Waals surface area contributed by atoms with E-state index in [0.29, 0.717) is 0 Å². The van der Waals surface area contributed by atoms with E-state index < -0.39 is 35.1 Å². The molecule has 3 aromatic rings. The molecule has 0 atom stereocenters. The number of amides is 1. The molecule has 0 fully saturated rings. The molecule has 1 aromatic heterocycles. The number of anilines is 1. The number of carbonyl (C=O) groups excluding carboxylic acids is 1. The predicted octanol–water partition coefficient (Wildman–Crippen LogP) is 6.58. The van der Waals surface area contributed by atoms with Crippen molar-refractivity contribution < 1.29 is 31.1 Å². The number of hydrogen-bond donors (Lipinski definition) is 1. The van der Waals surface area contributed by atoms with E-state index >= 15 is 0 Å². The standard InChI is InChI=1S/C23H13ClF6N6O/c1-12-18(19(24)36(33-12)17-7-3-5-15(10-17)22(25,26)27)8-13(11-31)20(37)32-16-6-2-4-14(9-16)21(34-35-21)23(28,29)30/h2-10H,1H3,(H,32,37)/b13-8+. The molecule has 0 saturated carbocycles. The number of carbonyl (C=O) groups is 1. The molecule has 37 heavy (non-hydrogen) atoms. The molecule has 2 heterocycles. The van der Waals surface area contributed by atoms with Crippen LogP contribution in [0.25, 0.3) is 11.8 Å². The van der Waals surface area contributed by atoms with Crippen molar-refractivity contribution in [2.75, 3.05) is 5.32 Å². The lowest BCUT2D eigenvalue weighted by Crippen LogP contribution is -2.30. The fourth-order valence-corrected chi connectivity index (χ4v) is 3.73. The Kier molecular flexibility index (Phi) is 6.33. The molecule has 0 aliphatic carbocycles. The van der Waals surface area contributed by atoms with Gasteiger partial charge in [-0.15, -0.1) is 10.2 Å². The first-order chi connectivity index (χ1) is 17.3. The van der Waals surface area contributed by atoms with Crippen LogP contribution in [0, 0.1) is 18.3 Å². The molecule has 1 aliphatic rings. The average Bonchev–Trinajstić information content (AvgIpc) is 3.60. The molecule has 0 spiro atoms. The van der Waals surface area contributed by atoms with E-state index in [-0.39, 0.29) is 33.3 Å². The molecule has 1 aliphatic heterocycles. The molecule has 1 N–H and O–H groups in total. The molecule has 0 saturated heterocycles. The molecular formula is C23H13ClF6N6O. The first-order valence-electron chi connectivity index (χ1n) is 10.2. The Morgan fingerprint density at radius 1 is 1.11 bits per heavy atom. The molecule has 14 heteroatoms. The summed E-state index contributed by atoms with van der Waals surface area (Å²) < 4.78 is 80.1. The van der Waals surface area contributed by atoms with Crippen LogP contribution < -0.4 is 5.32 Å². The number of nitrogens with one attached hydrogen (secondary N) is 1. The third-order valence-electron chi connectivity index (χ3n) is 5.34. The van der Waals surface area contributed by atoms with E-state index in [4.69, 9.17) is 11.6 Å². The summed E-state index contributed by atoms with van der Waals surface area (Å²) in [6.07, 6.45) is -8.28. The van der Waals surface area contributed by atoms with Crippen LogP contribution in [0.5, 0.6) is 0 Å². The van der Waals surface area contributed by atoms with Crippen LogP contribution in [0.4, 0.5) is 32.0 Å². The van der Waals surface area contributed by atoms with Crippen LogP contribution in [0.15, 0.2) is 64.3 Å². The number of aromatic nitrogens is 2. The minimum Gasteiger partial charge on any atom is -0.321 e. The highest BCUT2D eigenvalue weighted by molar-refractivity contribution is 6.31. The van der Waals surface area contributed by atoms with Gasteiger partial charge in [0.1, 0.15) is 16.8 Å². The molecule has 0 radical (unpaired) electrons. The summed E-state index contributed by atoms with van der Waals surface area (Å²) in [7, 11) is 0. The zero-order chi connectivity index (χ0) is 27.2. The number of rotatable bonds is 5. The first-order valence-corrected chi connectivity index (χ1v) is 10.6. The van der Waals surface area contributed by atoms with Crippen LogP contribution in [0.1, 0.15) is 22.4 Å². The van der Waals surface area contributed by atoms with Crippen molar-refractivity contribution in [3.63, 3.8) is 0 Å². The van der Waals surface area contributed by atoms with Gasteiger partial charge in [0, 0.05) is 16.8 Å². The molecule has 7 nitrogen and oxygen atoms in total. The van der Waals surface area contributed by atoms with Crippen LogP contribution >= 0.6 is 11.6 Å². The fourth-order valence-electron chi connectivity index (χ4n) is 3.41. The Labute approximate surface area is 209 Å². The predicted molar refractivity (Wildman–Crippen MR) is 120 cm³/mol. The minimum atomic E-state index is -4.76. The van der Waals surface area contributed by atoms with E-state index in [1.807, 2.05) is 0 Å². The van der Waals surface area contributed by atoms with Crippen LogP contribution in [-0.2, 0) is 16.6 Å². The minimum absolute atomic E-state index is 0.00292. The molecule has 2 aromatic carbocycles. The first kappa shape index (κ1) is 25.9. The van der Waals surface area contributed by atoms with Crippen molar-refractivity contribution in [2.45, 2.75) is 24.9 Å². The third kappa shape index (κ3) is 4.92. The molecule has 4 rings (SSSR count). The van der Waals surface area contributed by atoms with Crippen LogP contribution in [0.3, 0.4) is 0 Å². The van der Waals surface area contributed by atoms with E-state index in [9.17, 15) is 36.4 Å². The van der Waals surface area contributed by atoms with Crippen molar-refractivity contribution in [3.8, 4) is 11.8 Å². The summed E-state index contributed by atoms with van der Waals surface area (Å²) in [5.74, 6) is -0.965. The summed E-state index contributed by atoms with van der Waals surface area (Å²) in [5, 5.41) is 22.0. The van der Waals surface area contributed by atoms with Gasteiger partial charge in [-0.05, 0) is 43.3 Å². The zero-order valence-electron chi connectivity index (χ0n) is 18.5. The van der Waals surface area contributed by atoms with Gasteiger partial charge in [-0.25, -0.2) is 4.68 Å². The number of halogens is 7. The molecule has 190 valence electrons. The van der Waals surface area contributed by atoms with Crippen molar-refractivity contribution in [1.29, 1.82) is 5.26 Å². The zero-order valence-corrected chi connectivity index (χ0v) is 19.2. The smallest absolute Gasteiger partial charge is 0.321 e. The second-order valence-electron chi connectivity index (χ2n) is 7.82. The fraction of sp³-hybridized carbons (Fsp3) is 0.174. The van der Waals surface area contributed by atoms with Gasteiger partial charge in [0.2, 0.25) is 0 Å². The summed E-state index contributed by atoms with van der Waals surface area (Å²) in [4.78, 5) is 12.7. The van der Waals surface area contributed by atoms with Crippen LogP contribution in [0.2, 0.25) is 5.15 Å². The normalized spacial score (nSPS) is 14.8. The molecule has 0 unspecified atom stereocenters. The Morgan fingerprint density at radius 2 is 1.78 bits per heavy atom. The Bertz CT molecular complexity index is 1490. The largest absolute Gasteiger partial charge is 0.442 e. The van der Waals surface area contributed by atoms with Crippen LogP contribution in [-0.4, -0.2) is 21.9 Å².